The maximum atomic E-state index is 14.4. The van der Waals surface area contributed by atoms with Crippen LogP contribution in [-0.4, -0.2) is 24.5 Å². The molecule has 0 aromatic carbocycles. The molecule has 0 radical (unpaired) electrons. The van der Waals surface area contributed by atoms with Crippen molar-refractivity contribution in [1.82, 2.24) is 5.32 Å². The minimum atomic E-state index is -0.661. The maximum absolute atomic E-state index is 14.4. The van der Waals surface area contributed by atoms with E-state index in [0.717, 1.165) is 50.5 Å². The lowest BCUT2D eigenvalue weighted by molar-refractivity contribution is -0.178. The number of nitrogens with one attached hydrogen (secondary N) is 1. The first-order valence-corrected chi connectivity index (χ1v) is 14.2. The number of carbonyl (C=O) groups excluding carboxylic acids is 3. The fourth-order valence-corrected chi connectivity index (χ4v) is 10.3. The highest BCUT2D eigenvalue weighted by molar-refractivity contribution is 6.04. The lowest BCUT2D eigenvalue weighted by Crippen LogP contribution is -2.66. The molecule has 5 heteroatoms. The Morgan fingerprint density at radius 1 is 1.00 bits per heavy atom. The molecule has 0 aromatic heterocycles. The van der Waals surface area contributed by atoms with E-state index < -0.39 is 16.2 Å². The van der Waals surface area contributed by atoms with Crippen molar-refractivity contribution in [1.29, 1.82) is 5.26 Å². The SMILES string of the molecule is CNC(=O)[C@]12CCC(C)(C)C[C@@H]1C1C(=O)C=C3[C@@]4(C)C=C(C#N)C(=O)C(C)(C)[C@@H]4CC[C@@]3(C)[C@]1(C)CC2. The summed E-state index contributed by atoms with van der Waals surface area (Å²) in [6.07, 6.45) is 9.95. The average molecular weight is 505 g/mol. The van der Waals surface area contributed by atoms with E-state index in [-0.39, 0.29) is 57.0 Å². The van der Waals surface area contributed by atoms with Gasteiger partial charge in [0.2, 0.25) is 5.91 Å². The Labute approximate surface area is 222 Å². The zero-order valence-corrected chi connectivity index (χ0v) is 24.0. The molecule has 37 heavy (non-hydrogen) atoms. The smallest absolute Gasteiger partial charge is 0.226 e. The van der Waals surface area contributed by atoms with E-state index in [2.05, 4.69) is 46.0 Å². The maximum Gasteiger partial charge on any atom is 0.226 e. The van der Waals surface area contributed by atoms with Crippen LogP contribution in [0.1, 0.15) is 93.4 Å². The first kappa shape index (κ1) is 26.4. The molecule has 3 saturated carbocycles. The van der Waals surface area contributed by atoms with Crippen LogP contribution < -0.4 is 5.32 Å². The summed E-state index contributed by atoms with van der Waals surface area (Å²) in [5.74, 6) is 0.0213. The highest BCUT2D eigenvalue weighted by atomic mass is 16.2. The largest absolute Gasteiger partial charge is 0.359 e. The van der Waals surface area contributed by atoms with Crippen molar-refractivity contribution >= 4 is 17.5 Å². The van der Waals surface area contributed by atoms with Gasteiger partial charge >= 0.3 is 0 Å². The molecule has 5 aliphatic rings. The third-order valence-corrected chi connectivity index (χ3v) is 12.5. The van der Waals surface area contributed by atoms with Crippen LogP contribution in [0.5, 0.6) is 0 Å². The molecule has 5 nitrogen and oxygen atoms in total. The van der Waals surface area contributed by atoms with E-state index in [0.29, 0.717) is 0 Å². The Balaban J connectivity index is 1.71. The van der Waals surface area contributed by atoms with E-state index >= 15 is 0 Å². The summed E-state index contributed by atoms with van der Waals surface area (Å²) < 4.78 is 0. The fraction of sp³-hybridized carbons (Fsp3) is 0.750. The van der Waals surface area contributed by atoms with Crippen molar-refractivity contribution in [3.63, 3.8) is 0 Å². The van der Waals surface area contributed by atoms with Crippen molar-refractivity contribution < 1.29 is 14.4 Å². The molecule has 5 aliphatic carbocycles. The number of allylic oxidation sites excluding steroid dienone is 4. The third-order valence-electron chi connectivity index (χ3n) is 12.5. The van der Waals surface area contributed by atoms with Crippen LogP contribution in [0.2, 0.25) is 0 Å². The molecule has 0 aromatic rings. The van der Waals surface area contributed by atoms with Gasteiger partial charge < -0.3 is 5.32 Å². The molecule has 0 spiro atoms. The minimum Gasteiger partial charge on any atom is -0.359 e. The average Bonchev–Trinajstić information content (AvgIpc) is 2.82. The first-order chi connectivity index (χ1) is 17.0. The molecule has 0 aliphatic heterocycles. The van der Waals surface area contributed by atoms with E-state index in [1.165, 1.54) is 0 Å². The fourth-order valence-electron chi connectivity index (χ4n) is 10.3. The second kappa shape index (κ2) is 7.67. The van der Waals surface area contributed by atoms with Crippen molar-refractivity contribution in [2.75, 3.05) is 7.05 Å². The molecule has 200 valence electrons. The van der Waals surface area contributed by atoms with Gasteiger partial charge in [-0.05, 0) is 79.1 Å². The predicted octanol–water partition coefficient (Wildman–Crippen LogP) is 5.95. The number of carbonyl (C=O) groups is 3. The van der Waals surface area contributed by atoms with Gasteiger partial charge in [-0.15, -0.1) is 0 Å². The van der Waals surface area contributed by atoms with Gasteiger partial charge in [-0.3, -0.25) is 14.4 Å². The lowest BCUT2D eigenvalue weighted by atomic mass is 9.34. The van der Waals surface area contributed by atoms with Gasteiger partial charge in [0.05, 0.1) is 11.0 Å². The third kappa shape index (κ3) is 3.11. The minimum absolute atomic E-state index is 0.0113. The van der Waals surface area contributed by atoms with Gasteiger partial charge in [-0.1, -0.05) is 60.1 Å². The first-order valence-electron chi connectivity index (χ1n) is 14.2. The summed E-state index contributed by atoms with van der Waals surface area (Å²) in [7, 11) is 1.73. The van der Waals surface area contributed by atoms with E-state index in [4.69, 9.17) is 0 Å². The van der Waals surface area contributed by atoms with Gasteiger partial charge in [-0.25, -0.2) is 0 Å². The summed E-state index contributed by atoms with van der Waals surface area (Å²) in [5, 5.41) is 12.8. The molecule has 0 saturated heterocycles. The standard InChI is InChI=1S/C32H44N2O3/c1-27(2)11-13-32(26(37)34-8)14-12-31(7)24(20(32)17-27)21(35)15-23-29(5)16-19(18-33)25(36)28(3,4)22(29)9-10-30(23,31)6/h15-16,20,22,24H,9-14,17H2,1-8H3,(H,34,37)/t20-,22+,24?,29+,30-,31-,32+/m1/s1. The number of fused-ring (bicyclic) bond motifs is 7. The quantitative estimate of drug-likeness (QED) is 0.478. The summed E-state index contributed by atoms with van der Waals surface area (Å²) >= 11 is 0. The number of rotatable bonds is 1. The number of hydrogen-bond acceptors (Lipinski definition) is 4. The number of nitrogens with zero attached hydrogens (tertiary/aromatic N) is 1. The highest BCUT2D eigenvalue weighted by Crippen LogP contribution is 2.74. The Kier molecular flexibility index (Phi) is 5.47. The second-order valence-corrected chi connectivity index (χ2v) is 15.0. The molecule has 3 fully saturated rings. The van der Waals surface area contributed by atoms with Crippen LogP contribution in [0.4, 0.5) is 0 Å². The number of Topliss-reactive ketones (excluding diaryl/α,β-unsaturated/α-hetero) is 1. The Hall–Kier alpha value is -2.22. The number of amides is 1. The summed E-state index contributed by atoms with van der Waals surface area (Å²) in [5.41, 5.74) is -0.787. The van der Waals surface area contributed by atoms with Gasteiger partial charge in [-0.2, -0.15) is 5.26 Å². The lowest BCUT2D eigenvalue weighted by Gasteiger charge is -2.69. The molecule has 1 amide bonds. The van der Waals surface area contributed by atoms with E-state index in [1.54, 1.807) is 7.05 Å². The van der Waals surface area contributed by atoms with Crippen LogP contribution in [0.25, 0.3) is 0 Å². The molecule has 1 N–H and O–H groups in total. The summed E-state index contributed by atoms with van der Waals surface area (Å²) in [6, 6.07) is 2.18. The monoisotopic (exact) mass is 504 g/mol. The van der Waals surface area contributed by atoms with Crippen LogP contribution in [-0.2, 0) is 14.4 Å². The van der Waals surface area contributed by atoms with Crippen LogP contribution >= 0.6 is 0 Å². The number of hydrogen-bond donors (Lipinski definition) is 1. The van der Waals surface area contributed by atoms with Crippen molar-refractivity contribution in [2.24, 2.45) is 50.2 Å². The second-order valence-electron chi connectivity index (χ2n) is 15.0. The zero-order chi connectivity index (χ0) is 27.4. The summed E-state index contributed by atoms with van der Waals surface area (Å²) in [4.78, 5) is 41.1. The number of nitriles is 1. The Morgan fingerprint density at radius 2 is 1.65 bits per heavy atom. The Morgan fingerprint density at radius 3 is 2.27 bits per heavy atom. The normalized spacial score (nSPS) is 45.6. The van der Waals surface area contributed by atoms with E-state index in [9.17, 15) is 19.6 Å². The Bertz CT molecular complexity index is 1200. The van der Waals surface area contributed by atoms with Gasteiger partial charge in [0.1, 0.15) is 6.07 Å². The van der Waals surface area contributed by atoms with E-state index in [1.807, 2.05) is 26.0 Å². The van der Waals surface area contributed by atoms with Gasteiger partial charge in [0.25, 0.3) is 0 Å². The molecule has 5 rings (SSSR count). The molecule has 0 bridgehead atoms. The highest BCUT2D eigenvalue weighted by Gasteiger charge is 2.70. The zero-order valence-electron chi connectivity index (χ0n) is 24.0. The molecule has 0 heterocycles. The molecule has 1 unspecified atom stereocenters. The number of ketones is 2. The van der Waals surface area contributed by atoms with Crippen LogP contribution in [0.15, 0.2) is 23.3 Å². The molecular formula is C32H44N2O3. The molecule has 7 atom stereocenters. The predicted molar refractivity (Wildman–Crippen MR) is 143 cm³/mol. The molecular weight excluding hydrogens is 460 g/mol. The summed E-state index contributed by atoms with van der Waals surface area (Å²) in [6.45, 7) is 15.3. The van der Waals surface area contributed by atoms with Gasteiger partial charge in [0.15, 0.2) is 11.6 Å². The van der Waals surface area contributed by atoms with Crippen molar-refractivity contribution in [3.8, 4) is 6.07 Å². The van der Waals surface area contributed by atoms with Crippen LogP contribution in [0.3, 0.4) is 0 Å². The van der Waals surface area contributed by atoms with Crippen molar-refractivity contribution in [2.45, 2.75) is 93.4 Å². The van der Waals surface area contributed by atoms with Crippen molar-refractivity contribution in [3.05, 3.63) is 23.3 Å². The van der Waals surface area contributed by atoms with Crippen LogP contribution in [0, 0.1) is 61.6 Å². The van der Waals surface area contributed by atoms with Gasteiger partial charge in [0, 0.05) is 23.8 Å². The topological polar surface area (TPSA) is 87.0 Å².